The Morgan fingerprint density at radius 3 is 2.69 bits per heavy atom. The number of hydrogen-bond donors (Lipinski definition) is 2. The topological polar surface area (TPSA) is 46.2 Å². The van der Waals surface area contributed by atoms with Gasteiger partial charge in [0.05, 0.1) is 6.10 Å². The molecule has 0 radical (unpaired) electrons. The van der Waals surface area contributed by atoms with Crippen LogP contribution in [0.1, 0.15) is 32.3 Å². The minimum Gasteiger partial charge on any atom is -0.392 e. The van der Waals surface area contributed by atoms with Gasteiger partial charge in [0.15, 0.2) is 0 Å². The summed E-state index contributed by atoms with van der Waals surface area (Å²) >= 11 is 1.71. The van der Waals surface area contributed by atoms with Gasteiger partial charge >= 0.3 is 0 Å². The Labute approximate surface area is 101 Å². The van der Waals surface area contributed by atoms with E-state index in [-0.39, 0.29) is 16.9 Å². The highest BCUT2D eigenvalue weighted by Crippen LogP contribution is 2.50. The van der Waals surface area contributed by atoms with Crippen LogP contribution in [0.25, 0.3) is 0 Å². The molecule has 1 heterocycles. The molecule has 0 saturated heterocycles. The third-order valence-electron chi connectivity index (χ3n) is 4.13. The lowest BCUT2D eigenvalue weighted by atomic mass is 9.75. The molecule has 0 amide bonds. The van der Waals surface area contributed by atoms with Crippen LogP contribution in [0.2, 0.25) is 0 Å². The molecular weight excluding hydrogens is 218 g/mol. The second-order valence-corrected chi connectivity index (χ2v) is 6.55. The number of aliphatic hydroxyl groups is 1. The highest BCUT2D eigenvalue weighted by molar-refractivity contribution is 7.07. The summed E-state index contributed by atoms with van der Waals surface area (Å²) in [6.07, 6.45) is 2.73. The molecule has 0 aromatic carbocycles. The van der Waals surface area contributed by atoms with Crippen LogP contribution in [0, 0.1) is 10.8 Å². The summed E-state index contributed by atoms with van der Waals surface area (Å²) in [5.74, 6) is 0. The molecule has 0 spiro atoms. The number of hydrogen-bond acceptors (Lipinski definition) is 3. The van der Waals surface area contributed by atoms with Crippen molar-refractivity contribution in [1.82, 2.24) is 0 Å². The van der Waals surface area contributed by atoms with E-state index in [1.807, 2.05) is 0 Å². The van der Waals surface area contributed by atoms with Crippen LogP contribution >= 0.6 is 11.3 Å². The van der Waals surface area contributed by atoms with Crippen LogP contribution < -0.4 is 5.73 Å². The second-order valence-electron chi connectivity index (χ2n) is 5.77. The van der Waals surface area contributed by atoms with Crippen molar-refractivity contribution in [3.63, 3.8) is 0 Å². The highest BCUT2D eigenvalue weighted by atomic mass is 32.1. The van der Waals surface area contributed by atoms with Crippen LogP contribution in [0.4, 0.5) is 0 Å². The first-order chi connectivity index (χ1) is 7.50. The molecular formula is C13H21NOS. The van der Waals surface area contributed by atoms with Crippen molar-refractivity contribution in [1.29, 1.82) is 0 Å². The van der Waals surface area contributed by atoms with Gasteiger partial charge < -0.3 is 10.8 Å². The van der Waals surface area contributed by atoms with E-state index in [0.29, 0.717) is 6.54 Å². The van der Waals surface area contributed by atoms with Crippen LogP contribution in [-0.4, -0.2) is 17.8 Å². The minimum atomic E-state index is -0.287. The van der Waals surface area contributed by atoms with Crippen molar-refractivity contribution in [2.45, 2.75) is 39.2 Å². The van der Waals surface area contributed by atoms with Gasteiger partial charge in [-0.3, -0.25) is 0 Å². The van der Waals surface area contributed by atoms with E-state index in [9.17, 15) is 5.11 Å². The first-order valence-electron chi connectivity index (χ1n) is 5.89. The molecule has 0 aliphatic heterocycles. The monoisotopic (exact) mass is 239 g/mol. The number of thiophene rings is 1. The standard InChI is InChI=1S/C13H21NOS/c1-12(2)4-5-13(9-14,11(12)15)7-10-3-6-16-8-10/h3,6,8,11,15H,4-5,7,9,14H2,1-2H3. The summed E-state index contributed by atoms with van der Waals surface area (Å²) in [5.41, 5.74) is 7.16. The number of aliphatic hydroxyl groups excluding tert-OH is 1. The summed E-state index contributed by atoms with van der Waals surface area (Å²) in [5, 5.41) is 14.7. The maximum atomic E-state index is 10.5. The molecule has 1 aromatic heterocycles. The Kier molecular flexibility index (Phi) is 3.12. The van der Waals surface area contributed by atoms with Gasteiger partial charge in [0.2, 0.25) is 0 Å². The lowest BCUT2D eigenvalue weighted by Crippen LogP contribution is -2.44. The fourth-order valence-electron chi connectivity index (χ4n) is 2.94. The molecule has 1 saturated carbocycles. The van der Waals surface area contributed by atoms with Crippen LogP contribution in [-0.2, 0) is 6.42 Å². The average molecular weight is 239 g/mol. The van der Waals surface area contributed by atoms with Gasteiger partial charge in [-0.2, -0.15) is 11.3 Å². The lowest BCUT2D eigenvalue weighted by Gasteiger charge is -2.35. The zero-order chi connectivity index (χ0) is 11.8. The Balaban J connectivity index is 2.21. The largest absolute Gasteiger partial charge is 0.392 e. The number of rotatable bonds is 3. The Morgan fingerprint density at radius 1 is 1.50 bits per heavy atom. The molecule has 90 valence electrons. The zero-order valence-corrected chi connectivity index (χ0v) is 10.9. The fraction of sp³-hybridized carbons (Fsp3) is 0.692. The molecule has 2 nitrogen and oxygen atoms in total. The third-order valence-corrected chi connectivity index (χ3v) is 4.86. The predicted molar refractivity (Wildman–Crippen MR) is 68.5 cm³/mol. The molecule has 2 rings (SSSR count). The predicted octanol–water partition coefficient (Wildman–Crippen LogP) is 2.42. The summed E-state index contributed by atoms with van der Waals surface area (Å²) in [6.45, 7) is 4.86. The molecule has 1 aliphatic carbocycles. The van der Waals surface area contributed by atoms with E-state index in [0.717, 1.165) is 19.3 Å². The lowest BCUT2D eigenvalue weighted by molar-refractivity contribution is -0.00459. The second kappa shape index (κ2) is 4.13. The van der Waals surface area contributed by atoms with Gasteiger partial charge in [-0.25, -0.2) is 0 Å². The Morgan fingerprint density at radius 2 is 2.25 bits per heavy atom. The van der Waals surface area contributed by atoms with E-state index in [1.54, 1.807) is 11.3 Å². The molecule has 3 N–H and O–H groups in total. The van der Waals surface area contributed by atoms with Crippen LogP contribution in [0.5, 0.6) is 0 Å². The minimum absolute atomic E-state index is 0.00932. The maximum absolute atomic E-state index is 10.5. The quantitative estimate of drug-likeness (QED) is 0.851. The van der Waals surface area contributed by atoms with Gasteiger partial charge in [-0.15, -0.1) is 0 Å². The van der Waals surface area contributed by atoms with Gasteiger partial charge in [-0.05, 0) is 47.1 Å². The zero-order valence-electron chi connectivity index (χ0n) is 10.1. The highest BCUT2D eigenvalue weighted by Gasteiger charge is 2.50. The summed E-state index contributed by atoms with van der Waals surface area (Å²) < 4.78 is 0. The SMILES string of the molecule is CC1(C)CCC(CN)(Cc2ccsc2)C1O. The summed E-state index contributed by atoms with van der Waals surface area (Å²) in [7, 11) is 0. The average Bonchev–Trinajstić information content (AvgIpc) is 2.82. The normalized spacial score (nSPS) is 33.1. The van der Waals surface area contributed by atoms with Crippen LogP contribution in [0.3, 0.4) is 0 Å². The van der Waals surface area contributed by atoms with Gasteiger partial charge in [0.25, 0.3) is 0 Å². The molecule has 16 heavy (non-hydrogen) atoms. The van der Waals surface area contributed by atoms with Crippen molar-refractivity contribution in [2.24, 2.45) is 16.6 Å². The Hall–Kier alpha value is -0.380. The molecule has 2 atom stereocenters. The first-order valence-corrected chi connectivity index (χ1v) is 6.84. The van der Waals surface area contributed by atoms with E-state index >= 15 is 0 Å². The van der Waals surface area contributed by atoms with Crippen LogP contribution in [0.15, 0.2) is 16.8 Å². The smallest absolute Gasteiger partial charge is 0.0662 e. The van der Waals surface area contributed by atoms with E-state index in [2.05, 4.69) is 30.7 Å². The first kappa shape index (κ1) is 12.1. The van der Waals surface area contributed by atoms with Crippen molar-refractivity contribution in [3.05, 3.63) is 22.4 Å². The maximum Gasteiger partial charge on any atom is 0.0662 e. The summed E-state index contributed by atoms with van der Waals surface area (Å²) in [4.78, 5) is 0. The van der Waals surface area contributed by atoms with E-state index in [4.69, 9.17) is 5.73 Å². The Bertz CT molecular complexity index is 347. The van der Waals surface area contributed by atoms with Gasteiger partial charge in [0, 0.05) is 12.0 Å². The molecule has 3 heteroatoms. The molecule has 1 fully saturated rings. The molecule has 2 unspecified atom stereocenters. The molecule has 1 aliphatic rings. The molecule has 1 aromatic rings. The van der Waals surface area contributed by atoms with Gasteiger partial charge in [0.1, 0.15) is 0 Å². The third kappa shape index (κ3) is 1.92. The van der Waals surface area contributed by atoms with E-state index in [1.165, 1.54) is 5.56 Å². The van der Waals surface area contributed by atoms with Crippen molar-refractivity contribution >= 4 is 11.3 Å². The van der Waals surface area contributed by atoms with Crippen molar-refractivity contribution < 1.29 is 5.11 Å². The molecule has 0 bridgehead atoms. The van der Waals surface area contributed by atoms with Gasteiger partial charge in [-0.1, -0.05) is 13.8 Å². The summed E-state index contributed by atoms with van der Waals surface area (Å²) in [6, 6.07) is 2.14. The fourth-order valence-corrected chi connectivity index (χ4v) is 3.61. The van der Waals surface area contributed by atoms with E-state index < -0.39 is 0 Å². The van der Waals surface area contributed by atoms with Crippen molar-refractivity contribution in [3.8, 4) is 0 Å². The number of nitrogens with two attached hydrogens (primary N) is 1. The van der Waals surface area contributed by atoms with Crippen molar-refractivity contribution in [2.75, 3.05) is 6.54 Å².